The molecule has 2 aliphatic heterocycles. The van der Waals surface area contributed by atoms with Crippen LogP contribution in [0.15, 0.2) is 48.7 Å². The summed E-state index contributed by atoms with van der Waals surface area (Å²) in [7, 11) is 0. The molecule has 0 spiro atoms. The maximum Gasteiger partial charge on any atom is 0.223 e. The molecule has 3 aromatic rings. The number of para-hydroxylation sites is 1. The van der Waals surface area contributed by atoms with Gasteiger partial charge in [-0.05, 0) is 56.0 Å². The second kappa shape index (κ2) is 10.7. The van der Waals surface area contributed by atoms with Gasteiger partial charge in [0.1, 0.15) is 11.4 Å². The summed E-state index contributed by atoms with van der Waals surface area (Å²) in [4.78, 5) is 22.6. The fourth-order valence-electron chi connectivity index (χ4n) is 4.91. The number of hydrogen-bond donors (Lipinski definition) is 2. The van der Waals surface area contributed by atoms with Crippen molar-refractivity contribution in [2.24, 2.45) is 0 Å². The Morgan fingerprint density at radius 3 is 2.78 bits per heavy atom. The Labute approximate surface area is 216 Å². The van der Waals surface area contributed by atoms with Crippen LogP contribution in [0, 0.1) is 11.8 Å². The molecule has 0 radical (unpaired) electrons. The van der Waals surface area contributed by atoms with Crippen LogP contribution in [0.5, 0.6) is 5.75 Å². The summed E-state index contributed by atoms with van der Waals surface area (Å²) in [6.07, 6.45) is 4.25. The number of phenols is 1. The number of anilines is 3. The maximum absolute atomic E-state index is 11.8. The van der Waals surface area contributed by atoms with E-state index < -0.39 is 0 Å². The van der Waals surface area contributed by atoms with Gasteiger partial charge < -0.3 is 25.5 Å². The van der Waals surface area contributed by atoms with Crippen LogP contribution in [0.4, 0.5) is 17.2 Å². The monoisotopic (exact) mass is 497 g/mol. The standard InChI is InChI=1S/C28H31N7O2/c1-20-11-15-33(25-19-24(31-32-28(25)29)23-7-2-3-8-26(23)36)16-17-35(20)22-10-12-30-21(18-22)6-4-13-34-14-5-9-27(34)37/h2-3,7-8,10,12,18-20,36H,5,9,11,13-17H2,1H3,(H2,29,32). The zero-order valence-electron chi connectivity index (χ0n) is 21.0. The topological polar surface area (TPSA) is 112 Å². The highest BCUT2D eigenvalue weighted by atomic mass is 16.3. The van der Waals surface area contributed by atoms with Crippen LogP contribution in [0.3, 0.4) is 0 Å². The van der Waals surface area contributed by atoms with Crippen LogP contribution in [0.25, 0.3) is 11.3 Å². The minimum Gasteiger partial charge on any atom is -0.507 e. The fourth-order valence-corrected chi connectivity index (χ4v) is 4.91. The first-order valence-corrected chi connectivity index (χ1v) is 12.7. The lowest BCUT2D eigenvalue weighted by atomic mass is 10.1. The van der Waals surface area contributed by atoms with Crippen LogP contribution in [-0.2, 0) is 4.79 Å². The van der Waals surface area contributed by atoms with Gasteiger partial charge in [-0.1, -0.05) is 18.1 Å². The zero-order valence-corrected chi connectivity index (χ0v) is 21.0. The molecule has 5 rings (SSSR count). The van der Waals surface area contributed by atoms with Gasteiger partial charge in [0.25, 0.3) is 0 Å². The van der Waals surface area contributed by atoms with E-state index in [0.29, 0.717) is 41.8 Å². The summed E-state index contributed by atoms with van der Waals surface area (Å²) in [6.45, 7) is 5.80. The van der Waals surface area contributed by atoms with E-state index in [2.05, 4.69) is 43.7 Å². The highest BCUT2D eigenvalue weighted by molar-refractivity contribution is 5.78. The molecule has 2 aromatic heterocycles. The highest BCUT2D eigenvalue weighted by Gasteiger charge is 2.24. The van der Waals surface area contributed by atoms with Gasteiger partial charge in [-0.25, -0.2) is 4.98 Å². The number of nitrogen functional groups attached to an aromatic ring is 1. The molecule has 9 heteroatoms. The predicted octanol–water partition coefficient (Wildman–Crippen LogP) is 2.91. The summed E-state index contributed by atoms with van der Waals surface area (Å²) in [5.41, 5.74) is 10.1. The van der Waals surface area contributed by atoms with Crippen LogP contribution in [0.1, 0.15) is 31.9 Å². The first-order valence-electron chi connectivity index (χ1n) is 12.7. The van der Waals surface area contributed by atoms with Gasteiger partial charge in [0.15, 0.2) is 5.82 Å². The summed E-state index contributed by atoms with van der Waals surface area (Å²) >= 11 is 0. The Morgan fingerprint density at radius 2 is 1.97 bits per heavy atom. The summed E-state index contributed by atoms with van der Waals surface area (Å²) in [6, 6.07) is 13.3. The van der Waals surface area contributed by atoms with Crippen LogP contribution in [0.2, 0.25) is 0 Å². The van der Waals surface area contributed by atoms with Crippen LogP contribution < -0.4 is 15.5 Å². The number of rotatable bonds is 4. The van der Waals surface area contributed by atoms with E-state index >= 15 is 0 Å². The molecule has 37 heavy (non-hydrogen) atoms. The van der Waals surface area contributed by atoms with Crippen LogP contribution >= 0.6 is 0 Å². The minimum atomic E-state index is 0.159. The summed E-state index contributed by atoms with van der Waals surface area (Å²) in [5.74, 6) is 6.94. The van der Waals surface area contributed by atoms with E-state index in [1.807, 2.05) is 30.3 Å². The third-order valence-electron chi connectivity index (χ3n) is 7.01. The van der Waals surface area contributed by atoms with Gasteiger partial charge in [0.05, 0.1) is 17.9 Å². The molecule has 0 bridgehead atoms. The molecule has 0 saturated carbocycles. The third-order valence-corrected chi connectivity index (χ3v) is 7.01. The van der Waals surface area contributed by atoms with Crippen molar-refractivity contribution < 1.29 is 9.90 Å². The molecule has 1 aromatic carbocycles. The Bertz CT molecular complexity index is 1350. The summed E-state index contributed by atoms with van der Waals surface area (Å²) in [5, 5.41) is 18.7. The average molecular weight is 498 g/mol. The van der Waals surface area contributed by atoms with Gasteiger partial charge in [0, 0.05) is 56.1 Å². The van der Waals surface area contributed by atoms with Gasteiger partial charge in [0.2, 0.25) is 5.91 Å². The first-order chi connectivity index (χ1) is 18.0. The molecular weight excluding hydrogens is 466 g/mol. The first kappa shape index (κ1) is 24.4. The average Bonchev–Trinajstić information content (AvgIpc) is 3.21. The molecule has 190 valence electrons. The summed E-state index contributed by atoms with van der Waals surface area (Å²) < 4.78 is 0. The van der Waals surface area contributed by atoms with Crippen molar-refractivity contribution in [2.45, 2.75) is 32.2 Å². The number of nitrogens with two attached hydrogens (primary N) is 1. The van der Waals surface area contributed by atoms with Crippen molar-refractivity contribution in [3.05, 3.63) is 54.4 Å². The molecule has 1 atom stereocenters. The Kier molecular flexibility index (Phi) is 7.08. The molecule has 1 amide bonds. The highest BCUT2D eigenvalue weighted by Crippen LogP contribution is 2.32. The smallest absolute Gasteiger partial charge is 0.223 e. The molecule has 0 aliphatic carbocycles. The predicted molar refractivity (Wildman–Crippen MR) is 144 cm³/mol. The number of likely N-dealkylation sites (tertiary alicyclic amines) is 1. The number of carbonyl (C=O) groups is 1. The second-order valence-electron chi connectivity index (χ2n) is 9.46. The molecule has 1 unspecified atom stereocenters. The Hall–Kier alpha value is -4.32. The number of aromatic nitrogens is 3. The van der Waals surface area contributed by atoms with E-state index in [0.717, 1.165) is 50.4 Å². The zero-order chi connectivity index (χ0) is 25.8. The van der Waals surface area contributed by atoms with Gasteiger partial charge in [-0.15, -0.1) is 10.2 Å². The number of carbonyl (C=O) groups excluding carboxylic acids is 1. The molecule has 2 aliphatic rings. The maximum atomic E-state index is 11.8. The van der Waals surface area contributed by atoms with Crippen molar-refractivity contribution in [3.63, 3.8) is 0 Å². The molecule has 2 saturated heterocycles. The molecule has 9 nitrogen and oxygen atoms in total. The van der Waals surface area contributed by atoms with E-state index in [1.165, 1.54) is 0 Å². The number of aromatic hydroxyl groups is 1. The second-order valence-corrected chi connectivity index (χ2v) is 9.46. The number of hydrogen-bond acceptors (Lipinski definition) is 8. The van der Waals surface area contributed by atoms with Crippen molar-refractivity contribution >= 4 is 23.1 Å². The number of nitrogens with zero attached hydrogens (tertiary/aromatic N) is 6. The number of pyridine rings is 1. The van der Waals surface area contributed by atoms with Gasteiger partial charge >= 0.3 is 0 Å². The van der Waals surface area contributed by atoms with Gasteiger partial charge in [-0.2, -0.15) is 0 Å². The molecule has 3 N–H and O–H groups in total. The van der Waals surface area contributed by atoms with Gasteiger partial charge in [-0.3, -0.25) is 4.79 Å². The molecule has 4 heterocycles. The van der Waals surface area contributed by atoms with Crippen LogP contribution in [-0.4, -0.2) is 69.9 Å². The van der Waals surface area contributed by atoms with Crippen molar-refractivity contribution in [3.8, 4) is 28.8 Å². The van der Waals surface area contributed by atoms with Crippen molar-refractivity contribution in [2.75, 3.05) is 48.3 Å². The van der Waals surface area contributed by atoms with E-state index in [1.54, 1.807) is 23.2 Å². The number of benzene rings is 1. The molecular formula is C28H31N7O2. The van der Waals surface area contributed by atoms with E-state index in [4.69, 9.17) is 5.73 Å². The lowest BCUT2D eigenvalue weighted by molar-refractivity contribution is -0.127. The Balaban J connectivity index is 1.31. The van der Waals surface area contributed by atoms with Crippen molar-refractivity contribution in [1.82, 2.24) is 20.1 Å². The lowest BCUT2D eigenvalue weighted by Gasteiger charge is -2.29. The largest absolute Gasteiger partial charge is 0.507 e. The minimum absolute atomic E-state index is 0.159. The van der Waals surface area contributed by atoms with E-state index in [-0.39, 0.29) is 11.7 Å². The van der Waals surface area contributed by atoms with E-state index in [9.17, 15) is 9.90 Å². The lowest BCUT2D eigenvalue weighted by Crippen LogP contribution is -2.35. The fraction of sp³-hybridized carbons (Fsp3) is 0.357. The number of amides is 1. The van der Waals surface area contributed by atoms with Crippen molar-refractivity contribution in [1.29, 1.82) is 0 Å². The third kappa shape index (κ3) is 5.43. The Morgan fingerprint density at radius 1 is 1.11 bits per heavy atom. The normalized spacial score (nSPS) is 17.9. The quantitative estimate of drug-likeness (QED) is 0.530. The number of phenolic OH excluding ortho intramolecular Hbond substituents is 1. The SMILES string of the molecule is CC1CCN(c2cc(-c3ccccc3O)nnc2N)CCN1c1ccnc(C#CCN2CCCC2=O)c1. The molecule has 2 fully saturated rings.